The zero-order valence-electron chi connectivity index (χ0n) is 11.9. The Hall–Kier alpha value is -0.880. The molecule has 0 saturated heterocycles. The van der Waals surface area contributed by atoms with Crippen LogP contribution in [-0.2, 0) is 10.0 Å². The highest BCUT2D eigenvalue weighted by Crippen LogP contribution is 2.48. The lowest BCUT2D eigenvalue weighted by Crippen LogP contribution is -2.24. The summed E-state index contributed by atoms with van der Waals surface area (Å²) in [5, 5.41) is 4.16. The van der Waals surface area contributed by atoms with Gasteiger partial charge in [-0.05, 0) is 62.3 Å². The molecule has 0 amide bonds. The van der Waals surface area contributed by atoms with Gasteiger partial charge in [0.15, 0.2) is 0 Å². The summed E-state index contributed by atoms with van der Waals surface area (Å²) in [6.45, 7) is 1.94. The highest BCUT2D eigenvalue weighted by Gasteiger charge is 2.40. The Balaban J connectivity index is 1.71. The minimum Gasteiger partial charge on any atom is -0.200 e. The summed E-state index contributed by atoms with van der Waals surface area (Å²) in [7, 11) is -3.57. The topological polar surface area (TPSA) is 58.5 Å². The fourth-order valence-electron chi connectivity index (χ4n) is 3.64. The van der Waals surface area contributed by atoms with Crippen molar-refractivity contribution in [2.24, 2.45) is 22.9 Å². The van der Waals surface area contributed by atoms with Gasteiger partial charge in [-0.2, -0.15) is 13.5 Å². The Bertz CT molecular complexity index is 655. The Labute approximate surface area is 134 Å². The van der Waals surface area contributed by atoms with Crippen LogP contribution in [0.4, 0.5) is 0 Å². The number of hydrazone groups is 1. The minimum absolute atomic E-state index is 0.232. The predicted octanol–water partition coefficient (Wildman–Crippen LogP) is 3.54. The number of nitrogens with one attached hydrogen (secondary N) is 1. The molecule has 2 aliphatic carbocycles. The highest BCUT2D eigenvalue weighted by molar-refractivity contribution is 9.10. The molecule has 0 heterocycles. The molecule has 4 nitrogen and oxygen atoms in total. The van der Waals surface area contributed by atoms with Crippen LogP contribution in [0.5, 0.6) is 0 Å². The van der Waals surface area contributed by atoms with E-state index in [0.29, 0.717) is 11.8 Å². The number of rotatable bonds is 4. The van der Waals surface area contributed by atoms with E-state index in [1.54, 1.807) is 24.3 Å². The van der Waals surface area contributed by atoms with E-state index >= 15 is 0 Å². The molecule has 2 bridgehead atoms. The van der Waals surface area contributed by atoms with Crippen molar-refractivity contribution in [1.82, 2.24) is 4.83 Å². The second kappa shape index (κ2) is 5.72. The molecular weight excluding hydrogens is 352 g/mol. The van der Waals surface area contributed by atoms with Crippen LogP contribution in [0, 0.1) is 17.8 Å². The zero-order valence-corrected chi connectivity index (χ0v) is 14.3. The summed E-state index contributed by atoms with van der Waals surface area (Å²) >= 11 is 3.29. The van der Waals surface area contributed by atoms with Crippen molar-refractivity contribution in [2.75, 3.05) is 0 Å². The van der Waals surface area contributed by atoms with Gasteiger partial charge in [-0.3, -0.25) is 0 Å². The largest absolute Gasteiger partial charge is 0.276 e. The van der Waals surface area contributed by atoms with Crippen LogP contribution in [0.15, 0.2) is 38.7 Å². The number of fused-ring (bicyclic) bond motifs is 2. The molecule has 3 atom stereocenters. The average molecular weight is 371 g/mol. The predicted molar refractivity (Wildman–Crippen MR) is 86.5 cm³/mol. The molecule has 2 saturated carbocycles. The van der Waals surface area contributed by atoms with Gasteiger partial charge in [-0.25, -0.2) is 4.83 Å². The molecule has 1 N–H and O–H groups in total. The lowest BCUT2D eigenvalue weighted by molar-refractivity contribution is 0.413. The molecule has 1 aromatic carbocycles. The third-order valence-electron chi connectivity index (χ3n) is 4.74. The second-order valence-electron chi connectivity index (χ2n) is 6.08. The van der Waals surface area contributed by atoms with Gasteiger partial charge in [0.25, 0.3) is 10.0 Å². The van der Waals surface area contributed by atoms with E-state index in [2.05, 4.69) is 25.9 Å². The maximum atomic E-state index is 12.2. The fourth-order valence-corrected chi connectivity index (χ4v) is 4.77. The summed E-state index contributed by atoms with van der Waals surface area (Å²) in [5.74, 6) is 1.99. The maximum absolute atomic E-state index is 12.2. The van der Waals surface area contributed by atoms with Crippen molar-refractivity contribution in [3.63, 3.8) is 0 Å². The first kappa shape index (κ1) is 15.0. The van der Waals surface area contributed by atoms with Crippen molar-refractivity contribution >= 4 is 31.7 Å². The number of benzene rings is 1. The van der Waals surface area contributed by atoms with Crippen molar-refractivity contribution in [2.45, 2.75) is 37.5 Å². The number of halogens is 1. The summed E-state index contributed by atoms with van der Waals surface area (Å²) in [4.78, 5) is 2.61. The Kier molecular flexibility index (Phi) is 4.10. The molecule has 3 rings (SSSR count). The van der Waals surface area contributed by atoms with Crippen molar-refractivity contribution < 1.29 is 8.42 Å². The van der Waals surface area contributed by atoms with Crippen LogP contribution in [0.2, 0.25) is 0 Å². The molecule has 6 heteroatoms. The molecule has 0 spiro atoms. The van der Waals surface area contributed by atoms with Gasteiger partial charge in [-0.1, -0.05) is 22.4 Å². The van der Waals surface area contributed by atoms with Gasteiger partial charge in [-0.15, -0.1) is 0 Å². The third-order valence-corrected chi connectivity index (χ3v) is 6.49. The lowest BCUT2D eigenvalue weighted by Gasteiger charge is -2.21. The van der Waals surface area contributed by atoms with Crippen LogP contribution in [0.25, 0.3) is 0 Å². The van der Waals surface area contributed by atoms with Gasteiger partial charge in [0.1, 0.15) is 0 Å². The van der Waals surface area contributed by atoms with Crippen LogP contribution in [0.3, 0.4) is 0 Å². The summed E-state index contributed by atoms with van der Waals surface area (Å²) in [6, 6.07) is 6.55. The molecule has 2 fully saturated rings. The standard InChI is InChI=1S/C15H19BrN2O2S/c1-10(15-9-11-2-3-12(15)8-11)17-18-21(19,20)14-6-4-13(16)5-7-14/h4-7,11-12,15,18H,2-3,8-9H2,1H3/b17-10-/t11-,12-,15-/m1/s1. The molecule has 0 radical (unpaired) electrons. The molecule has 1 aromatic rings. The minimum atomic E-state index is -3.57. The van der Waals surface area contributed by atoms with E-state index in [4.69, 9.17) is 0 Å². The Morgan fingerprint density at radius 1 is 1.24 bits per heavy atom. The molecule has 0 unspecified atom stereocenters. The van der Waals surface area contributed by atoms with E-state index < -0.39 is 10.0 Å². The molecule has 0 aliphatic heterocycles. The van der Waals surface area contributed by atoms with Crippen LogP contribution >= 0.6 is 15.9 Å². The van der Waals surface area contributed by atoms with Gasteiger partial charge in [0.05, 0.1) is 4.90 Å². The summed E-state index contributed by atoms with van der Waals surface area (Å²) < 4.78 is 25.2. The average Bonchev–Trinajstić information content (AvgIpc) is 3.08. The SMILES string of the molecule is C/C(=N/NS(=O)(=O)c1ccc(Br)cc1)[C@H]1C[C@@H]2CC[C@@H]1C2. The zero-order chi connectivity index (χ0) is 15.0. The molecular formula is C15H19BrN2O2S. The number of sulfonamides is 1. The lowest BCUT2D eigenvalue weighted by atomic mass is 9.86. The Morgan fingerprint density at radius 2 is 1.95 bits per heavy atom. The number of hydrogen-bond acceptors (Lipinski definition) is 3. The smallest absolute Gasteiger partial charge is 0.200 e. The maximum Gasteiger partial charge on any atom is 0.276 e. The molecule has 2 aliphatic rings. The van der Waals surface area contributed by atoms with E-state index in [1.165, 1.54) is 25.7 Å². The first-order valence-corrected chi connectivity index (χ1v) is 9.55. The fraction of sp³-hybridized carbons (Fsp3) is 0.533. The van der Waals surface area contributed by atoms with E-state index in [9.17, 15) is 8.42 Å². The summed E-state index contributed by atoms with van der Waals surface area (Å²) in [6.07, 6.45) is 5.05. The highest BCUT2D eigenvalue weighted by atomic mass is 79.9. The number of hydrogen-bond donors (Lipinski definition) is 1. The van der Waals surface area contributed by atoms with E-state index in [-0.39, 0.29) is 4.90 Å². The van der Waals surface area contributed by atoms with Gasteiger partial charge in [0.2, 0.25) is 0 Å². The first-order valence-electron chi connectivity index (χ1n) is 7.27. The quantitative estimate of drug-likeness (QED) is 0.650. The van der Waals surface area contributed by atoms with Crippen molar-refractivity contribution in [3.05, 3.63) is 28.7 Å². The number of nitrogens with zero attached hydrogens (tertiary/aromatic N) is 1. The van der Waals surface area contributed by atoms with E-state index in [1.807, 2.05) is 6.92 Å². The van der Waals surface area contributed by atoms with Gasteiger partial charge < -0.3 is 0 Å². The van der Waals surface area contributed by atoms with Crippen LogP contribution in [-0.4, -0.2) is 14.1 Å². The normalized spacial score (nSPS) is 28.9. The van der Waals surface area contributed by atoms with Crippen molar-refractivity contribution in [1.29, 1.82) is 0 Å². The molecule has 21 heavy (non-hydrogen) atoms. The van der Waals surface area contributed by atoms with Gasteiger partial charge >= 0.3 is 0 Å². The van der Waals surface area contributed by atoms with Gasteiger partial charge in [0, 0.05) is 16.1 Å². The van der Waals surface area contributed by atoms with Crippen LogP contribution in [0.1, 0.15) is 32.6 Å². The third kappa shape index (κ3) is 3.16. The molecule has 114 valence electrons. The molecule has 0 aromatic heterocycles. The van der Waals surface area contributed by atoms with E-state index in [0.717, 1.165) is 16.1 Å². The first-order chi connectivity index (χ1) is 9.95. The summed E-state index contributed by atoms with van der Waals surface area (Å²) in [5.41, 5.74) is 0.919. The second-order valence-corrected chi connectivity index (χ2v) is 8.66. The Morgan fingerprint density at radius 3 is 2.52 bits per heavy atom. The van der Waals surface area contributed by atoms with Crippen molar-refractivity contribution in [3.8, 4) is 0 Å². The van der Waals surface area contributed by atoms with Crippen LogP contribution < -0.4 is 4.83 Å². The monoisotopic (exact) mass is 370 g/mol.